The fourth-order valence-corrected chi connectivity index (χ4v) is 4.27. The van der Waals surface area contributed by atoms with Crippen molar-refractivity contribution < 1.29 is 27.9 Å². The number of aromatic nitrogens is 2. The molecule has 2 aromatic heterocycles. The molecule has 0 atom stereocenters. The van der Waals surface area contributed by atoms with Gasteiger partial charge in [0, 0.05) is 38.1 Å². The maximum atomic E-state index is 13.5. The molecule has 1 aliphatic heterocycles. The van der Waals surface area contributed by atoms with Crippen molar-refractivity contribution in [2.45, 2.75) is 51.4 Å². The minimum absolute atomic E-state index is 0.00904. The lowest BCUT2D eigenvalue weighted by Crippen LogP contribution is -2.43. The number of nitrogens with one attached hydrogen (secondary N) is 1. The zero-order valence-electron chi connectivity index (χ0n) is 18.1. The molecule has 2 fully saturated rings. The number of urea groups is 1. The molecule has 8 nitrogen and oxygen atoms in total. The predicted molar refractivity (Wildman–Crippen MR) is 114 cm³/mol. The molecule has 174 valence electrons. The van der Waals surface area contributed by atoms with Crippen molar-refractivity contribution in [3.8, 4) is 11.5 Å². The lowest BCUT2D eigenvalue weighted by atomic mass is 9.72. The van der Waals surface area contributed by atoms with Crippen LogP contribution >= 0.6 is 0 Å². The molecule has 1 saturated carbocycles. The number of amides is 3. The molecule has 1 saturated heterocycles. The molecule has 4 rings (SSSR count). The Morgan fingerprint density at radius 1 is 1.09 bits per heavy atom. The average Bonchev–Trinajstić information content (AvgIpc) is 3.08. The lowest BCUT2D eigenvalue weighted by Gasteiger charge is -2.35. The van der Waals surface area contributed by atoms with Gasteiger partial charge in [0.2, 0.25) is 11.8 Å². The predicted octanol–water partition coefficient (Wildman–Crippen LogP) is 4.36. The molecular formula is C23H24F2N4O4. The standard InChI is InChI=1S/C23H24F2N4O4/c1-15(30)12-16-13-17(4-10-26-16)33-18-2-3-19(27-14-18)28-21(32)29-11-9-22(20(29)31)5-7-23(24,25)8-6-22/h2-4,10,13-14H,5-9,11-12H2,1H3,(H,27,28,32). The second-order valence-corrected chi connectivity index (χ2v) is 8.62. The first-order valence-corrected chi connectivity index (χ1v) is 10.7. The van der Waals surface area contributed by atoms with Crippen LogP contribution in [0.3, 0.4) is 0 Å². The van der Waals surface area contributed by atoms with E-state index in [1.807, 2.05) is 0 Å². The van der Waals surface area contributed by atoms with Gasteiger partial charge in [0.15, 0.2) is 0 Å². The summed E-state index contributed by atoms with van der Waals surface area (Å²) in [5.41, 5.74) is -0.276. The summed E-state index contributed by atoms with van der Waals surface area (Å²) < 4.78 is 32.7. The summed E-state index contributed by atoms with van der Waals surface area (Å²) in [7, 11) is 0. The maximum Gasteiger partial charge on any atom is 0.329 e. The molecule has 1 spiro atoms. The monoisotopic (exact) mass is 458 g/mol. The number of halogens is 2. The van der Waals surface area contributed by atoms with E-state index in [0.717, 1.165) is 4.90 Å². The van der Waals surface area contributed by atoms with Crippen LogP contribution < -0.4 is 10.1 Å². The van der Waals surface area contributed by atoms with Gasteiger partial charge in [-0.05, 0) is 44.4 Å². The Morgan fingerprint density at radius 3 is 2.52 bits per heavy atom. The summed E-state index contributed by atoms with van der Waals surface area (Å²) >= 11 is 0. The van der Waals surface area contributed by atoms with E-state index in [1.54, 1.807) is 24.4 Å². The number of anilines is 1. The summed E-state index contributed by atoms with van der Waals surface area (Å²) in [6.07, 6.45) is 3.09. The second kappa shape index (κ2) is 8.84. The normalized spacial score (nSPS) is 18.9. The van der Waals surface area contributed by atoms with Crippen molar-refractivity contribution in [1.29, 1.82) is 0 Å². The molecule has 2 aromatic rings. The highest BCUT2D eigenvalue weighted by Crippen LogP contribution is 2.49. The largest absolute Gasteiger partial charge is 0.456 e. The number of carbonyl (C=O) groups is 3. The van der Waals surface area contributed by atoms with Gasteiger partial charge in [-0.15, -0.1) is 0 Å². The Kier molecular flexibility index (Phi) is 6.09. The molecule has 1 N–H and O–H groups in total. The molecule has 0 unspecified atom stereocenters. The fraction of sp³-hybridized carbons (Fsp3) is 0.435. The third kappa shape index (κ3) is 5.15. The Balaban J connectivity index is 1.35. The van der Waals surface area contributed by atoms with Crippen molar-refractivity contribution in [3.63, 3.8) is 0 Å². The summed E-state index contributed by atoms with van der Waals surface area (Å²) in [4.78, 5) is 46.1. The molecule has 0 aromatic carbocycles. The summed E-state index contributed by atoms with van der Waals surface area (Å²) in [6, 6.07) is 5.81. The van der Waals surface area contributed by atoms with Gasteiger partial charge in [-0.2, -0.15) is 0 Å². The highest BCUT2D eigenvalue weighted by molar-refractivity contribution is 6.04. The third-order valence-corrected chi connectivity index (χ3v) is 6.12. The van der Waals surface area contributed by atoms with Gasteiger partial charge in [-0.3, -0.25) is 24.8 Å². The number of ketones is 1. The number of Topliss-reactive ketones (excluding diaryl/α,β-unsaturated/α-hetero) is 1. The first kappa shape index (κ1) is 22.8. The Bertz CT molecular complexity index is 1060. The minimum Gasteiger partial charge on any atom is -0.456 e. The van der Waals surface area contributed by atoms with Gasteiger partial charge < -0.3 is 4.74 Å². The topological polar surface area (TPSA) is 101 Å². The van der Waals surface area contributed by atoms with Crippen LogP contribution in [0, 0.1) is 5.41 Å². The Morgan fingerprint density at radius 2 is 1.85 bits per heavy atom. The van der Waals surface area contributed by atoms with E-state index in [9.17, 15) is 23.2 Å². The number of likely N-dealkylation sites (tertiary alicyclic amines) is 1. The smallest absolute Gasteiger partial charge is 0.329 e. The summed E-state index contributed by atoms with van der Waals surface area (Å²) in [6.45, 7) is 1.68. The van der Waals surface area contributed by atoms with Crippen molar-refractivity contribution >= 4 is 23.5 Å². The van der Waals surface area contributed by atoms with E-state index in [2.05, 4.69) is 15.3 Å². The van der Waals surface area contributed by atoms with Crippen molar-refractivity contribution in [2.75, 3.05) is 11.9 Å². The summed E-state index contributed by atoms with van der Waals surface area (Å²) in [5.74, 6) is -2.01. The first-order valence-electron chi connectivity index (χ1n) is 10.7. The molecule has 3 amide bonds. The Labute approximate surface area is 189 Å². The highest BCUT2D eigenvalue weighted by atomic mass is 19.3. The number of rotatable bonds is 5. The van der Waals surface area contributed by atoms with Crippen LogP contribution in [0.4, 0.5) is 19.4 Å². The SMILES string of the molecule is CC(=O)Cc1cc(Oc2ccc(NC(=O)N3CCC4(CCC(F)(F)CC4)C3=O)nc2)ccn1. The fourth-order valence-electron chi connectivity index (χ4n) is 4.27. The second-order valence-electron chi connectivity index (χ2n) is 8.62. The van der Waals surface area contributed by atoms with Crippen LogP contribution in [0.25, 0.3) is 0 Å². The van der Waals surface area contributed by atoms with E-state index in [1.165, 1.54) is 19.2 Å². The van der Waals surface area contributed by atoms with Crippen LogP contribution in [0.1, 0.15) is 44.7 Å². The number of imide groups is 1. The number of ether oxygens (including phenoxy) is 1. The van der Waals surface area contributed by atoms with Crippen LogP contribution in [0.5, 0.6) is 11.5 Å². The number of pyridine rings is 2. The van der Waals surface area contributed by atoms with Gasteiger partial charge in [-0.1, -0.05) is 0 Å². The Hall–Kier alpha value is -3.43. The van der Waals surface area contributed by atoms with Crippen molar-refractivity contribution in [1.82, 2.24) is 14.9 Å². The lowest BCUT2D eigenvalue weighted by molar-refractivity contribution is -0.140. The van der Waals surface area contributed by atoms with Crippen LogP contribution in [-0.2, 0) is 16.0 Å². The van der Waals surface area contributed by atoms with Crippen molar-refractivity contribution in [3.05, 3.63) is 42.4 Å². The zero-order valence-corrected chi connectivity index (χ0v) is 18.1. The minimum atomic E-state index is -2.74. The third-order valence-electron chi connectivity index (χ3n) is 6.12. The van der Waals surface area contributed by atoms with Crippen molar-refractivity contribution in [2.24, 2.45) is 5.41 Å². The molecule has 33 heavy (non-hydrogen) atoms. The van der Waals surface area contributed by atoms with Crippen LogP contribution in [0.2, 0.25) is 0 Å². The molecule has 2 aliphatic rings. The van der Waals surface area contributed by atoms with E-state index in [0.29, 0.717) is 23.6 Å². The van der Waals surface area contributed by atoms with E-state index in [-0.39, 0.29) is 50.2 Å². The number of hydrogen-bond acceptors (Lipinski definition) is 6. The quantitative estimate of drug-likeness (QED) is 0.714. The molecule has 10 heteroatoms. The highest BCUT2D eigenvalue weighted by Gasteiger charge is 2.53. The van der Waals surface area contributed by atoms with Gasteiger partial charge >= 0.3 is 6.03 Å². The zero-order chi connectivity index (χ0) is 23.6. The molecular weight excluding hydrogens is 434 g/mol. The van der Waals surface area contributed by atoms with Gasteiger partial charge in [0.05, 0.1) is 17.3 Å². The summed E-state index contributed by atoms with van der Waals surface area (Å²) in [5, 5.41) is 2.58. The van der Waals surface area contributed by atoms with Crippen LogP contribution in [0.15, 0.2) is 36.7 Å². The first-order chi connectivity index (χ1) is 15.7. The van der Waals surface area contributed by atoms with Gasteiger partial charge in [0.25, 0.3) is 0 Å². The van der Waals surface area contributed by atoms with Gasteiger partial charge in [0.1, 0.15) is 23.1 Å². The number of alkyl halides is 2. The van der Waals surface area contributed by atoms with E-state index < -0.39 is 23.3 Å². The molecule has 1 aliphatic carbocycles. The molecule has 3 heterocycles. The van der Waals surface area contributed by atoms with E-state index >= 15 is 0 Å². The van der Waals surface area contributed by atoms with Gasteiger partial charge in [-0.25, -0.2) is 18.6 Å². The van der Waals surface area contributed by atoms with E-state index in [4.69, 9.17) is 4.74 Å². The molecule has 0 bridgehead atoms. The van der Waals surface area contributed by atoms with Crippen LogP contribution in [-0.4, -0.2) is 45.1 Å². The molecule has 0 radical (unpaired) electrons. The number of carbonyl (C=O) groups excluding carboxylic acids is 3. The number of hydrogen-bond donors (Lipinski definition) is 1. The average molecular weight is 458 g/mol. The number of nitrogens with zero attached hydrogens (tertiary/aromatic N) is 3. The maximum absolute atomic E-state index is 13.5.